The molecule has 1 aliphatic heterocycles. The van der Waals surface area contributed by atoms with Gasteiger partial charge < -0.3 is 14.8 Å². The number of rotatable bonds is 5. The Labute approximate surface area is 179 Å². The minimum atomic E-state index is 0. The number of piperidine rings is 1. The fourth-order valence-corrected chi connectivity index (χ4v) is 3.89. The number of nitrogens with one attached hydrogen (secondary N) is 1. The van der Waals surface area contributed by atoms with Crippen LogP contribution >= 0.6 is 24.0 Å². The molecule has 0 saturated carbocycles. The van der Waals surface area contributed by atoms with Gasteiger partial charge in [-0.05, 0) is 23.8 Å². The van der Waals surface area contributed by atoms with Gasteiger partial charge in [-0.3, -0.25) is 4.99 Å². The van der Waals surface area contributed by atoms with Crippen molar-refractivity contribution in [3.05, 3.63) is 48.0 Å². The van der Waals surface area contributed by atoms with E-state index in [0.29, 0.717) is 11.8 Å². The number of likely N-dealkylation sites (tertiary alicyclic amines) is 1. The van der Waals surface area contributed by atoms with Gasteiger partial charge in [-0.25, -0.2) is 0 Å². The summed E-state index contributed by atoms with van der Waals surface area (Å²) in [5, 5.41) is 11.6. The van der Waals surface area contributed by atoms with Crippen LogP contribution in [0.1, 0.15) is 37.6 Å². The second kappa shape index (κ2) is 10.6. The highest BCUT2D eigenvalue weighted by Crippen LogP contribution is 2.32. The molecule has 1 aromatic heterocycles. The maximum Gasteiger partial charge on any atom is 0.193 e. The number of aliphatic imine (C=N–C) groups is 1. The van der Waals surface area contributed by atoms with E-state index in [4.69, 9.17) is 0 Å². The molecule has 1 aromatic carbocycles. The fraction of sp³-hybridized carbons (Fsp3) is 0.550. The first-order valence-corrected chi connectivity index (χ1v) is 9.60. The lowest BCUT2D eigenvalue weighted by molar-refractivity contribution is 0.234. The van der Waals surface area contributed by atoms with Gasteiger partial charge in [0.2, 0.25) is 0 Å². The number of guanidine groups is 1. The topological polar surface area (TPSA) is 58.3 Å². The average Bonchev–Trinajstić information content (AvgIpc) is 3.13. The van der Waals surface area contributed by atoms with Gasteiger partial charge in [0.25, 0.3) is 0 Å². The lowest BCUT2D eigenvalue weighted by Crippen LogP contribution is -2.48. The summed E-state index contributed by atoms with van der Waals surface area (Å²) in [4.78, 5) is 6.88. The van der Waals surface area contributed by atoms with E-state index < -0.39 is 0 Å². The normalized spacial score (nSPS) is 20.3. The highest BCUT2D eigenvalue weighted by atomic mass is 127. The van der Waals surface area contributed by atoms with Crippen molar-refractivity contribution in [3.8, 4) is 0 Å². The predicted octanol–water partition coefficient (Wildman–Crippen LogP) is 3.16. The van der Waals surface area contributed by atoms with Crippen molar-refractivity contribution in [1.82, 2.24) is 25.0 Å². The number of aryl methyl sites for hydroxylation is 1. The number of nitrogens with zero attached hydrogens (tertiary/aromatic N) is 5. The Kier molecular flexibility index (Phi) is 8.53. The molecule has 0 spiro atoms. The molecule has 27 heavy (non-hydrogen) atoms. The Balaban J connectivity index is 0.00000261. The van der Waals surface area contributed by atoms with E-state index in [1.165, 1.54) is 5.56 Å². The molecule has 2 aromatic rings. The van der Waals surface area contributed by atoms with E-state index in [9.17, 15) is 0 Å². The molecule has 0 bridgehead atoms. The smallest absolute Gasteiger partial charge is 0.193 e. The van der Waals surface area contributed by atoms with Crippen LogP contribution < -0.4 is 5.32 Å². The van der Waals surface area contributed by atoms with E-state index in [1.54, 1.807) is 6.33 Å². The molecule has 1 N–H and O–H groups in total. The van der Waals surface area contributed by atoms with Crippen LogP contribution in [0.3, 0.4) is 0 Å². The fourth-order valence-electron chi connectivity index (χ4n) is 3.89. The number of halogens is 1. The molecule has 1 saturated heterocycles. The van der Waals surface area contributed by atoms with Crippen molar-refractivity contribution >= 4 is 29.9 Å². The number of hydrogen-bond acceptors (Lipinski definition) is 3. The van der Waals surface area contributed by atoms with E-state index in [-0.39, 0.29) is 24.0 Å². The molecular weight excluding hydrogens is 451 g/mol. The Morgan fingerprint density at radius 2 is 2.07 bits per heavy atom. The van der Waals surface area contributed by atoms with E-state index in [1.807, 2.05) is 7.05 Å². The molecule has 1 fully saturated rings. The van der Waals surface area contributed by atoms with Crippen molar-refractivity contribution in [3.63, 3.8) is 0 Å². The van der Waals surface area contributed by atoms with Crippen LogP contribution in [0, 0.1) is 5.92 Å². The Hall–Kier alpha value is -1.64. The first-order valence-electron chi connectivity index (χ1n) is 9.60. The number of aromatic nitrogens is 3. The standard InChI is InChI=1S/C20H30N6.HI/c1-4-19-24-23-15-26(19)13-11-22-20(21-3)25-12-10-18(16(2)14-25)17-8-6-5-7-9-17;/h5-9,15-16,18H,4,10-14H2,1-3H3,(H,21,22);1H. The summed E-state index contributed by atoms with van der Waals surface area (Å²) in [6, 6.07) is 10.9. The summed E-state index contributed by atoms with van der Waals surface area (Å²) in [7, 11) is 1.87. The van der Waals surface area contributed by atoms with Crippen LogP contribution in [0.4, 0.5) is 0 Å². The lowest BCUT2D eigenvalue weighted by Gasteiger charge is -2.39. The molecule has 2 unspecified atom stereocenters. The van der Waals surface area contributed by atoms with Crippen LogP contribution in [-0.2, 0) is 13.0 Å². The number of benzene rings is 1. The zero-order valence-corrected chi connectivity index (χ0v) is 18.8. The van der Waals surface area contributed by atoms with Gasteiger partial charge >= 0.3 is 0 Å². The van der Waals surface area contributed by atoms with Crippen LogP contribution in [0.2, 0.25) is 0 Å². The lowest BCUT2D eigenvalue weighted by atomic mass is 9.82. The second-order valence-corrected chi connectivity index (χ2v) is 7.00. The third kappa shape index (κ3) is 5.43. The highest BCUT2D eigenvalue weighted by molar-refractivity contribution is 14.0. The van der Waals surface area contributed by atoms with Crippen molar-refractivity contribution in [2.45, 2.75) is 39.2 Å². The first kappa shape index (κ1) is 21.7. The van der Waals surface area contributed by atoms with Crippen molar-refractivity contribution < 1.29 is 0 Å². The van der Waals surface area contributed by atoms with Gasteiger partial charge in [0.05, 0.1) is 0 Å². The molecule has 2 heterocycles. The second-order valence-electron chi connectivity index (χ2n) is 7.00. The monoisotopic (exact) mass is 482 g/mol. The zero-order chi connectivity index (χ0) is 18.4. The zero-order valence-electron chi connectivity index (χ0n) is 16.5. The molecule has 6 nitrogen and oxygen atoms in total. The van der Waals surface area contributed by atoms with Crippen LogP contribution in [0.5, 0.6) is 0 Å². The maximum absolute atomic E-state index is 4.50. The van der Waals surface area contributed by atoms with Gasteiger partial charge in [-0.2, -0.15) is 0 Å². The minimum absolute atomic E-state index is 0. The molecule has 0 aliphatic carbocycles. The Morgan fingerprint density at radius 3 is 2.74 bits per heavy atom. The third-order valence-electron chi connectivity index (χ3n) is 5.29. The summed E-state index contributed by atoms with van der Waals surface area (Å²) in [6.45, 7) is 8.20. The van der Waals surface area contributed by atoms with Crippen molar-refractivity contribution in [2.75, 3.05) is 26.7 Å². The summed E-state index contributed by atoms with van der Waals surface area (Å²) in [6.07, 6.45) is 3.87. The molecular formula is C20H31IN6. The molecule has 148 valence electrons. The number of hydrogen-bond donors (Lipinski definition) is 1. The van der Waals surface area contributed by atoms with Crippen LogP contribution in [0.15, 0.2) is 41.7 Å². The molecule has 0 amide bonds. The maximum atomic E-state index is 4.50. The molecule has 1 aliphatic rings. The predicted molar refractivity (Wildman–Crippen MR) is 121 cm³/mol. The summed E-state index contributed by atoms with van der Waals surface area (Å²) in [5.41, 5.74) is 1.46. The van der Waals surface area contributed by atoms with Gasteiger partial charge in [0, 0.05) is 39.6 Å². The van der Waals surface area contributed by atoms with Gasteiger partial charge in [-0.1, -0.05) is 44.2 Å². The van der Waals surface area contributed by atoms with Crippen molar-refractivity contribution in [1.29, 1.82) is 0 Å². The molecule has 2 atom stereocenters. The van der Waals surface area contributed by atoms with Gasteiger partial charge in [0.15, 0.2) is 5.96 Å². The average molecular weight is 482 g/mol. The highest BCUT2D eigenvalue weighted by Gasteiger charge is 2.28. The van der Waals surface area contributed by atoms with Crippen LogP contribution in [0.25, 0.3) is 0 Å². The largest absolute Gasteiger partial charge is 0.354 e. The molecule has 0 radical (unpaired) electrons. The molecule has 3 rings (SSSR count). The first-order chi connectivity index (χ1) is 12.7. The molecule has 7 heteroatoms. The Morgan fingerprint density at radius 1 is 1.30 bits per heavy atom. The van der Waals surface area contributed by atoms with Gasteiger partial charge in [-0.15, -0.1) is 34.2 Å². The minimum Gasteiger partial charge on any atom is -0.354 e. The summed E-state index contributed by atoms with van der Waals surface area (Å²) >= 11 is 0. The summed E-state index contributed by atoms with van der Waals surface area (Å²) < 4.78 is 2.10. The van der Waals surface area contributed by atoms with Crippen LogP contribution in [-0.4, -0.2) is 52.3 Å². The van der Waals surface area contributed by atoms with E-state index in [2.05, 4.69) is 74.2 Å². The van der Waals surface area contributed by atoms with Crippen molar-refractivity contribution in [2.24, 2.45) is 10.9 Å². The SMILES string of the molecule is CCc1nncn1CCNC(=NC)N1CCC(c2ccccc2)C(C)C1.I. The van der Waals surface area contributed by atoms with E-state index in [0.717, 1.165) is 50.8 Å². The van der Waals surface area contributed by atoms with Gasteiger partial charge in [0.1, 0.15) is 12.2 Å². The van der Waals surface area contributed by atoms with E-state index >= 15 is 0 Å². The Bertz CT molecular complexity index is 714. The quantitative estimate of drug-likeness (QED) is 0.404. The summed E-state index contributed by atoms with van der Waals surface area (Å²) in [5.74, 6) is 3.26. The third-order valence-corrected chi connectivity index (χ3v) is 5.29.